The Morgan fingerprint density at radius 1 is 0.860 bits per heavy atom. The summed E-state index contributed by atoms with van der Waals surface area (Å²) in [5.41, 5.74) is 13.8. The number of allylic oxidation sites excluding steroid dienone is 2. The third-order valence-corrected chi connectivity index (χ3v) is 7.18. The van der Waals surface area contributed by atoms with Gasteiger partial charge in [0.15, 0.2) is 0 Å². The molecule has 0 aliphatic heterocycles. The van der Waals surface area contributed by atoms with Crippen LogP contribution in [0.2, 0.25) is 0 Å². The van der Waals surface area contributed by atoms with Crippen molar-refractivity contribution in [2.75, 3.05) is 19.3 Å². The molecule has 0 unspecified atom stereocenters. The van der Waals surface area contributed by atoms with E-state index in [9.17, 15) is 0 Å². The SMILES string of the molecule is C=CC.C=CC[N-]N(C)SCC.CC.CC.CC.CC1=Cc2nc(-c3ccc(C)cc3)cc(C(C)(C)C)c2C1.CCC(C)(C)C.CCCC.[Na+]. The van der Waals surface area contributed by atoms with E-state index in [1.165, 1.54) is 47.1 Å². The summed E-state index contributed by atoms with van der Waals surface area (Å²) in [5.74, 6) is 1.07. The van der Waals surface area contributed by atoms with E-state index in [2.05, 4.69) is 138 Å². The average Bonchev–Trinajstić information content (AvgIpc) is 3.46. The molecule has 3 rings (SSSR count). The number of nitrogens with zero attached hydrogens (tertiary/aromatic N) is 3. The Hall–Kier alpha value is -1.14. The van der Waals surface area contributed by atoms with Crippen molar-refractivity contribution < 1.29 is 29.6 Å². The van der Waals surface area contributed by atoms with Crippen LogP contribution in [0.5, 0.6) is 0 Å². The second-order valence-electron chi connectivity index (χ2n) is 13.0. The van der Waals surface area contributed by atoms with E-state index in [4.69, 9.17) is 4.98 Å². The van der Waals surface area contributed by atoms with Crippen molar-refractivity contribution in [3.63, 3.8) is 0 Å². The van der Waals surface area contributed by atoms with Gasteiger partial charge in [0, 0.05) is 11.3 Å². The summed E-state index contributed by atoms with van der Waals surface area (Å²) in [6.45, 7) is 48.1. The summed E-state index contributed by atoms with van der Waals surface area (Å²) in [5, 5.41) is 0. The molecule has 0 spiro atoms. The minimum absolute atomic E-state index is 0. The number of fused-ring (bicyclic) bond motifs is 1. The van der Waals surface area contributed by atoms with Crippen LogP contribution in [-0.2, 0) is 11.8 Å². The Balaban J connectivity index is -0.000000140. The number of benzene rings is 1. The third-order valence-electron chi connectivity index (χ3n) is 6.44. The number of aryl methyl sites for hydroxylation is 1. The zero-order valence-corrected chi connectivity index (χ0v) is 40.3. The van der Waals surface area contributed by atoms with Crippen molar-refractivity contribution in [2.24, 2.45) is 5.41 Å². The summed E-state index contributed by atoms with van der Waals surface area (Å²) in [7, 11) is 1.94. The van der Waals surface area contributed by atoms with E-state index in [-0.39, 0.29) is 35.0 Å². The van der Waals surface area contributed by atoms with Gasteiger partial charge in [0.05, 0.1) is 11.4 Å². The Labute approximate surface area is 342 Å². The first-order valence-electron chi connectivity index (χ1n) is 19.0. The molecule has 0 saturated carbocycles. The fourth-order valence-corrected chi connectivity index (χ4v) is 3.92. The molecule has 1 aliphatic carbocycles. The van der Waals surface area contributed by atoms with Gasteiger partial charge in [-0.1, -0.05) is 183 Å². The molecule has 0 atom stereocenters. The standard InChI is InChI=1S/C20H23N.C6H13N2S.C6H14.C4H10.C3H6.3C2H6.Na/c1-13-6-8-15(9-7-13)18-12-17(20(3,4)5)16-10-14(2)11-19(16)21-18;1-4-6-7-8(3)9-5-2;1-5-6(2,3)4;1-3-4-2;1-3-2;3*1-2;/h6-9,11-12H,10H2,1-5H3;4H,1,5-6H2,2-3H3;5H2,1-4H3;3-4H2,1-2H3;3H,1H2,2H3;3*1-2H3;/q;-1;;;;;;;+1. The first-order chi connectivity index (χ1) is 23.0. The second-order valence-corrected chi connectivity index (χ2v) is 14.4. The normalized spacial score (nSPS) is 10.4. The zero-order valence-electron chi connectivity index (χ0n) is 37.5. The number of hydrogen-bond donors (Lipinski definition) is 0. The van der Waals surface area contributed by atoms with Gasteiger partial charge in [0.2, 0.25) is 0 Å². The summed E-state index contributed by atoms with van der Waals surface area (Å²) >= 11 is 1.69. The van der Waals surface area contributed by atoms with Crippen LogP contribution in [-0.4, -0.2) is 28.7 Å². The first kappa shape index (κ1) is 60.9. The van der Waals surface area contributed by atoms with Crippen LogP contribution in [0.1, 0.15) is 166 Å². The van der Waals surface area contributed by atoms with Gasteiger partial charge in [0.1, 0.15) is 0 Å². The average molecular weight is 722 g/mol. The van der Waals surface area contributed by atoms with E-state index in [0.29, 0.717) is 12.0 Å². The topological polar surface area (TPSA) is 30.2 Å². The van der Waals surface area contributed by atoms with Crippen LogP contribution in [0, 0.1) is 12.3 Å². The van der Waals surface area contributed by atoms with Crippen LogP contribution < -0.4 is 29.6 Å². The molecule has 0 fully saturated rings. The molecule has 0 radical (unpaired) electrons. The monoisotopic (exact) mass is 722 g/mol. The number of aromatic nitrogens is 1. The molecule has 3 nitrogen and oxygen atoms in total. The largest absolute Gasteiger partial charge is 1.00 e. The second kappa shape index (κ2) is 39.1. The maximum atomic E-state index is 4.90. The van der Waals surface area contributed by atoms with E-state index in [1.54, 1.807) is 24.1 Å². The smallest absolute Gasteiger partial charge is 0.581 e. The molecule has 1 heterocycles. The van der Waals surface area contributed by atoms with Gasteiger partial charge in [-0.15, -0.1) is 25.8 Å². The number of pyridine rings is 1. The Morgan fingerprint density at radius 3 is 1.64 bits per heavy atom. The molecule has 0 saturated heterocycles. The van der Waals surface area contributed by atoms with E-state index in [0.717, 1.165) is 23.6 Å². The molecule has 0 N–H and O–H groups in total. The van der Waals surface area contributed by atoms with Gasteiger partial charge in [0.25, 0.3) is 0 Å². The zero-order chi connectivity index (χ0) is 39.6. The van der Waals surface area contributed by atoms with Crippen LogP contribution in [0.25, 0.3) is 22.8 Å². The fourth-order valence-electron chi connectivity index (χ4n) is 3.40. The molecule has 286 valence electrons. The van der Waals surface area contributed by atoms with Gasteiger partial charge >= 0.3 is 29.6 Å². The molecule has 1 aliphatic rings. The maximum Gasteiger partial charge on any atom is 1.00 e. The molecule has 2 aromatic rings. The summed E-state index contributed by atoms with van der Waals surface area (Å²) in [6, 6.07) is 10.9. The summed E-state index contributed by atoms with van der Waals surface area (Å²) in [6.07, 6.45) is 10.7. The molecule has 1 aromatic heterocycles. The Bertz CT molecular complexity index is 1060. The molecular weight excluding hydrogens is 638 g/mol. The number of unbranched alkanes of at least 4 members (excludes halogenated alkanes) is 1. The van der Waals surface area contributed by atoms with Crippen molar-refractivity contribution >= 4 is 18.0 Å². The van der Waals surface area contributed by atoms with Gasteiger partial charge in [-0.25, -0.2) is 4.98 Å². The molecule has 1 aromatic carbocycles. The quantitative estimate of drug-likeness (QED) is 0.123. The molecule has 50 heavy (non-hydrogen) atoms. The summed E-state index contributed by atoms with van der Waals surface area (Å²) < 4.78 is 1.86. The molecule has 5 heteroatoms. The Kier molecular flexibility index (Phi) is 47.6. The minimum atomic E-state index is 0. The molecule has 0 amide bonds. The number of rotatable bonds is 7. The fraction of sp³-hybridized carbons (Fsp3) is 0.622. The van der Waals surface area contributed by atoms with E-state index < -0.39 is 0 Å². The molecular formula is C45H84N3NaS. The number of hydrogen-bond acceptors (Lipinski definition) is 3. The predicted octanol–water partition coefficient (Wildman–Crippen LogP) is 12.9. The van der Waals surface area contributed by atoms with Crippen molar-refractivity contribution in [1.82, 2.24) is 9.40 Å². The van der Waals surface area contributed by atoms with Gasteiger partial charge in [-0.05, 0) is 68.3 Å². The van der Waals surface area contributed by atoms with Crippen molar-refractivity contribution in [1.29, 1.82) is 0 Å². The third kappa shape index (κ3) is 34.0. The van der Waals surface area contributed by atoms with Gasteiger partial charge < -0.3 is 9.84 Å². The molecule has 0 bridgehead atoms. The van der Waals surface area contributed by atoms with Crippen LogP contribution in [0.4, 0.5) is 0 Å². The maximum absolute atomic E-state index is 4.90. The van der Waals surface area contributed by atoms with Gasteiger partial charge in [-0.3, -0.25) is 0 Å². The van der Waals surface area contributed by atoms with Crippen molar-refractivity contribution in [3.8, 4) is 11.3 Å². The Morgan fingerprint density at radius 2 is 1.30 bits per heavy atom. The van der Waals surface area contributed by atoms with Crippen LogP contribution in [0.3, 0.4) is 0 Å². The van der Waals surface area contributed by atoms with E-state index in [1.807, 2.05) is 59.9 Å². The van der Waals surface area contributed by atoms with Gasteiger partial charge in [-0.2, -0.15) is 0 Å². The summed E-state index contributed by atoms with van der Waals surface area (Å²) in [4.78, 5) is 4.90. The predicted molar refractivity (Wildman–Crippen MR) is 235 cm³/mol. The minimum Gasteiger partial charge on any atom is -0.581 e. The van der Waals surface area contributed by atoms with Crippen LogP contribution >= 0.6 is 11.9 Å². The van der Waals surface area contributed by atoms with Crippen LogP contribution in [0.15, 0.2) is 61.2 Å². The first-order valence-corrected chi connectivity index (χ1v) is 20.0. The van der Waals surface area contributed by atoms with Crippen molar-refractivity contribution in [3.05, 3.63) is 89.0 Å². The van der Waals surface area contributed by atoms with E-state index >= 15 is 0 Å². The van der Waals surface area contributed by atoms with Crippen molar-refractivity contribution in [2.45, 2.75) is 163 Å².